The Morgan fingerprint density at radius 1 is 1.35 bits per heavy atom. The first kappa shape index (κ1) is 14.7. The fourth-order valence-electron chi connectivity index (χ4n) is 2.01. The molecule has 1 saturated heterocycles. The molecule has 0 radical (unpaired) electrons. The Morgan fingerprint density at radius 2 is 2.00 bits per heavy atom. The van der Waals surface area contributed by atoms with Crippen molar-refractivity contribution in [3.05, 3.63) is 34.6 Å². The smallest absolute Gasteiger partial charge is 0.141 e. The minimum atomic E-state index is -0.355. The maximum atomic E-state index is 13.0. The number of piperidine rings is 1. The lowest BCUT2D eigenvalue weighted by Gasteiger charge is -2.30. The van der Waals surface area contributed by atoms with Crippen LogP contribution in [0.15, 0.2) is 18.2 Å². The van der Waals surface area contributed by atoms with Crippen molar-refractivity contribution in [1.29, 1.82) is 0 Å². The lowest BCUT2D eigenvalue weighted by Crippen LogP contribution is -2.39. The maximum Gasteiger partial charge on any atom is 0.141 e. The molecule has 17 heavy (non-hydrogen) atoms. The van der Waals surface area contributed by atoms with Gasteiger partial charge in [-0.3, -0.25) is 4.90 Å². The van der Waals surface area contributed by atoms with Gasteiger partial charge in [0.2, 0.25) is 0 Å². The average Bonchev–Trinajstić information content (AvgIpc) is 2.27. The molecule has 1 aliphatic heterocycles. The van der Waals surface area contributed by atoms with Gasteiger partial charge in [0.25, 0.3) is 0 Å². The third kappa shape index (κ3) is 4.11. The van der Waals surface area contributed by atoms with Crippen LogP contribution >= 0.6 is 24.0 Å². The highest BCUT2D eigenvalue weighted by molar-refractivity contribution is 6.30. The topological polar surface area (TPSA) is 29.3 Å². The molecule has 0 saturated carbocycles. The van der Waals surface area contributed by atoms with Crippen molar-refractivity contribution in [2.24, 2.45) is 5.73 Å². The van der Waals surface area contributed by atoms with Crippen LogP contribution in [0.5, 0.6) is 0 Å². The normalized spacial score (nSPS) is 17.8. The molecule has 0 aliphatic carbocycles. The molecule has 0 bridgehead atoms. The molecular weight excluding hydrogens is 262 g/mol. The van der Waals surface area contributed by atoms with E-state index >= 15 is 0 Å². The second-order valence-corrected chi connectivity index (χ2v) is 4.77. The van der Waals surface area contributed by atoms with Crippen LogP contribution in [0.1, 0.15) is 18.4 Å². The van der Waals surface area contributed by atoms with Gasteiger partial charge in [-0.25, -0.2) is 4.39 Å². The van der Waals surface area contributed by atoms with E-state index in [1.165, 1.54) is 6.07 Å². The third-order valence-electron chi connectivity index (χ3n) is 3.02. The minimum Gasteiger partial charge on any atom is -0.328 e. The summed E-state index contributed by atoms with van der Waals surface area (Å²) in [5, 5.41) is 0.200. The summed E-state index contributed by atoms with van der Waals surface area (Å²) in [6, 6.07) is 5.25. The van der Waals surface area contributed by atoms with Gasteiger partial charge in [0.05, 0.1) is 5.02 Å². The van der Waals surface area contributed by atoms with E-state index in [9.17, 15) is 4.39 Å². The average molecular weight is 279 g/mol. The van der Waals surface area contributed by atoms with Crippen LogP contribution in [0.4, 0.5) is 4.39 Å². The van der Waals surface area contributed by atoms with Gasteiger partial charge in [-0.15, -0.1) is 12.4 Å². The van der Waals surface area contributed by atoms with Gasteiger partial charge < -0.3 is 5.73 Å². The zero-order valence-corrected chi connectivity index (χ0v) is 11.1. The molecule has 0 spiro atoms. The lowest BCUT2D eigenvalue weighted by atomic mass is 10.1. The molecule has 96 valence electrons. The molecule has 1 aromatic rings. The van der Waals surface area contributed by atoms with E-state index in [-0.39, 0.29) is 23.2 Å². The van der Waals surface area contributed by atoms with E-state index in [2.05, 4.69) is 4.90 Å². The van der Waals surface area contributed by atoms with Gasteiger partial charge in [-0.05, 0) is 43.6 Å². The summed E-state index contributed by atoms with van der Waals surface area (Å²) in [6.07, 6.45) is 2.07. The SMILES string of the molecule is Cl.NC1CCN(Cc2ccc(F)c(Cl)c2)CC1. The van der Waals surface area contributed by atoms with Crippen LogP contribution in [0, 0.1) is 5.82 Å². The van der Waals surface area contributed by atoms with Crippen LogP contribution in [-0.4, -0.2) is 24.0 Å². The van der Waals surface area contributed by atoms with Crippen molar-refractivity contribution in [1.82, 2.24) is 4.90 Å². The first-order valence-corrected chi connectivity index (χ1v) is 5.95. The van der Waals surface area contributed by atoms with Gasteiger partial charge in [-0.1, -0.05) is 17.7 Å². The molecule has 0 atom stereocenters. The highest BCUT2D eigenvalue weighted by Gasteiger charge is 2.16. The Bertz CT molecular complexity index is 366. The molecule has 1 aromatic carbocycles. The molecule has 2 rings (SSSR count). The number of hydrogen-bond donors (Lipinski definition) is 1. The highest BCUT2D eigenvalue weighted by Crippen LogP contribution is 2.18. The molecule has 5 heteroatoms. The minimum absolute atomic E-state index is 0. The number of hydrogen-bond acceptors (Lipinski definition) is 2. The van der Waals surface area contributed by atoms with E-state index in [0.29, 0.717) is 6.04 Å². The fraction of sp³-hybridized carbons (Fsp3) is 0.500. The van der Waals surface area contributed by atoms with Gasteiger partial charge in [-0.2, -0.15) is 0 Å². The van der Waals surface area contributed by atoms with Crippen LogP contribution < -0.4 is 5.73 Å². The van der Waals surface area contributed by atoms with Crippen molar-refractivity contribution in [2.45, 2.75) is 25.4 Å². The van der Waals surface area contributed by atoms with Crippen molar-refractivity contribution < 1.29 is 4.39 Å². The molecule has 1 heterocycles. The van der Waals surface area contributed by atoms with E-state index in [0.717, 1.165) is 38.0 Å². The van der Waals surface area contributed by atoms with Crippen molar-refractivity contribution in [2.75, 3.05) is 13.1 Å². The summed E-state index contributed by atoms with van der Waals surface area (Å²) in [6.45, 7) is 2.85. The first-order chi connectivity index (χ1) is 7.65. The second kappa shape index (κ2) is 6.55. The van der Waals surface area contributed by atoms with Crippen LogP contribution in [0.3, 0.4) is 0 Å². The molecule has 0 aromatic heterocycles. The van der Waals surface area contributed by atoms with Crippen LogP contribution in [0.2, 0.25) is 5.02 Å². The molecule has 0 amide bonds. The summed E-state index contributed by atoms with van der Waals surface area (Å²) in [7, 11) is 0. The number of rotatable bonds is 2. The van der Waals surface area contributed by atoms with E-state index in [1.807, 2.05) is 0 Å². The van der Waals surface area contributed by atoms with Gasteiger partial charge >= 0.3 is 0 Å². The highest BCUT2D eigenvalue weighted by atomic mass is 35.5. The van der Waals surface area contributed by atoms with E-state index in [4.69, 9.17) is 17.3 Å². The summed E-state index contributed by atoms with van der Waals surface area (Å²) in [5.41, 5.74) is 6.89. The van der Waals surface area contributed by atoms with Crippen molar-refractivity contribution >= 4 is 24.0 Å². The molecule has 1 aliphatic rings. The van der Waals surface area contributed by atoms with Crippen LogP contribution in [-0.2, 0) is 6.54 Å². The zero-order valence-electron chi connectivity index (χ0n) is 9.53. The fourth-order valence-corrected chi connectivity index (χ4v) is 2.21. The Kier molecular flexibility index (Phi) is 5.67. The summed E-state index contributed by atoms with van der Waals surface area (Å²) in [5.74, 6) is -0.355. The zero-order chi connectivity index (χ0) is 11.5. The molecule has 2 N–H and O–H groups in total. The number of benzene rings is 1. The van der Waals surface area contributed by atoms with Crippen LogP contribution in [0.25, 0.3) is 0 Å². The lowest BCUT2D eigenvalue weighted by molar-refractivity contribution is 0.205. The number of nitrogens with two attached hydrogens (primary N) is 1. The maximum absolute atomic E-state index is 13.0. The third-order valence-corrected chi connectivity index (χ3v) is 3.31. The Hall–Kier alpha value is -0.350. The van der Waals surface area contributed by atoms with E-state index < -0.39 is 0 Å². The molecular formula is C12H17Cl2FN2. The van der Waals surface area contributed by atoms with Crippen molar-refractivity contribution in [3.8, 4) is 0 Å². The molecule has 0 unspecified atom stereocenters. The van der Waals surface area contributed by atoms with Crippen molar-refractivity contribution in [3.63, 3.8) is 0 Å². The number of likely N-dealkylation sites (tertiary alicyclic amines) is 1. The predicted octanol–water partition coefficient (Wildman–Crippen LogP) is 2.82. The summed E-state index contributed by atoms with van der Waals surface area (Å²) in [4.78, 5) is 2.33. The second-order valence-electron chi connectivity index (χ2n) is 4.36. The Morgan fingerprint density at radius 3 is 2.59 bits per heavy atom. The monoisotopic (exact) mass is 278 g/mol. The van der Waals surface area contributed by atoms with Gasteiger partial charge in [0.1, 0.15) is 5.82 Å². The predicted molar refractivity (Wildman–Crippen MR) is 71.1 cm³/mol. The summed E-state index contributed by atoms with van der Waals surface area (Å²) >= 11 is 5.74. The Labute approximate surface area is 112 Å². The molecule has 2 nitrogen and oxygen atoms in total. The first-order valence-electron chi connectivity index (χ1n) is 5.57. The standard InChI is InChI=1S/C12H16ClFN2.ClH/c13-11-7-9(1-2-12(11)14)8-16-5-3-10(15)4-6-16;/h1-2,7,10H,3-6,8,15H2;1H. The number of halogens is 3. The largest absolute Gasteiger partial charge is 0.328 e. The van der Waals surface area contributed by atoms with E-state index in [1.54, 1.807) is 12.1 Å². The Balaban J connectivity index is 0.00000144. The van der Waals surface area contributed by atoms with Gasteiger partial charge in [0, 0.05) is 12.6 Å². The summed E-state index contributed by atoms with van der Waals surface area (Å²) < 4.78 is 13.0. The quantitative estimate of drug-likeness (QED) is 0.902. The van der Waals surface area contributed by atoms with Gasteiger partial charge in [0.15, 0.2) is 0 Å². The molecule has 1 fully saturated rings. The number of nitrogens with zero attached hydrogens (tertiary/aromatic N) is 1.